The van der Waals surface area contributed by atoms with Crippen LogP contribution in [0.5, 0.6) is 0 Å². The fourth-order valence-corrected chi connectivity index (χ4v) is 5.59. The second-order valence-electron chi connectivity index (χ2n) is 10.5. The van der Waals surface area contributed by atoms with Gasteiger partial charge in [-0.1, -0.05) is 44.2 Å². The number of benzene rings is 2. The second-order valence-corrected chi connectivity index (χ2v) is 12.5. The summed E-state index contributed by atoms with van der Waals surface area (Å²) in [6.45, 7) is 2.26. The van der Waals surface area contributed by atoms with E-state index in [9.17, 15) is 22.4 Å². The van der Waals surface area contributed by atoms with Crippen LogP contribution < -0.4 is 16.0 Å². The maximum atomic E-state index is 13.6. The molecule has 0 saturated heterocycles. The minimum atomic E-state index is -3.27. The van der Waals surface area contributed by atoms with Crippen molar-refractivity contribution in [2.75, 3.05) is 18.1 Å². The van der Waals surface area contributed by atoms with Crippen LogP contribution in [-0.4, -0.2) is 45.1 Å². The molecule has 8 nitrogen and oxygen atoms in total. The molecule has 40 heavy (non-hydrogen) atoms. The third-order valence-corrected chi connectivity index (χ3v) is 8.27. The van der Waals surface area contributed by atoms with Crippen molar-refractivity contribution in [1.82, 2.24) is 10.6 Å². The molecule has 1 aliphatic rings. The standard InChI is InChI=1S/C30H36FN3O5S/c1-20(19-32-24-11-13-25(14-12-24)40(2,37)38)33-29(35)26(17-21-7-4-3-5-8-21)34-30(36)28-16-15-27(39-28)22-9-6-10-23(31)18-22/h6,9-16,18,20-21,26,32H,3-5,7-8,17,19H2,1-2H3,(H,33,35)(H,34,36)/t20-,26?/m0/s1. The lowest BCUT2D eigenvalue weighted by molar-refractivity contribution is -0.124. The van der Waals surface area contributed by atoms with Crippen molar-refractivity contribution in [1.29, 1.82) is 0 Å². The highest BCUT2D eigenvalue weighted by molar-refractivity contribution is 7.90. The predicted molar refractivity (Wildman–Crippen MR) is 152 cm³/mol. The number of furan rings is 1. The van der Waals surface area contributed by atoms with Crippen LogP contribution in [0, 0.1) is 11.7 Å². The molecule has 0 radical (unpaired) electrons. The van der Waals surface area contributed by atoms with E-state index >= 15 is 0 Å². The zero-order chi connectivity index (χ0) is 28.7. The molecule has 4 rings (SSSR count). The van der Waals surface area contributed by atoms with Crippen LogP contribution in [0.25, 0.3) is 11.3 Å². The van der Waals surface area contributed by atoms with Gasteiger partial charge in [-0.25, -0.2) is 12.8 Å². The molecule has 1 heterocycles. The first-order valence-electron chi connectivity index (χ1n) is 13.6. The van der Waals surface area contributed by atoms with Crippen molar-refractivity contribution in [3.63, 3.8) is 0 Å². The van der Waals surface area contributed by atoms with Gasteiger partial charge in [0.1, 0.15) is 17.6 Å². The van der Waals surface area contributed by atoms with Crippen molar-refractivity contribution < 1.29 is 26.8 Å². The van der Waals surface area contributed by atoms with Crippen molar-refractivity contribution in [2.45, 2.75) is 62.4 Å². The molecule has 1 saturated carbocycles. The number of carbonyl (C=O) groups excluding carboxylic acids is 2. The molecule has 2 aromatic carbocycles. The van der Waals surface area contributed by atoms with E-state index in [-0.39, 0.29) is 22.6 Å². The predicted octanol–water partition coefficient (Wildman–Crippen LogP) is 5.17. The Labute approximate surface area is 234 Å². The summed E-state index contributed by atoms with van der Waals surface area (Å²) in [6.07, 6.45) is 7.13. The van der Waals surface area contributed by atoms with E-state index in [1.807, 2.05) is 6.92 Å². The second kappa shape index (κ2) is 13.1. The minimum Gasteiger partial charge on any atom is -0.451 e. The third kappa shape index (κ3) is 8.17. The normalized spacial score (nSPS) is 15.7. The number of anilines is 1. The van der Waals surface area contributed by atoms with E-state index in [1.54, 1.807) is 30.3 Å². The molecule has 0 spiro atoms. The Bertz CT molecular complexity index is 1420. The van der Waals surface area contributed by atoms with Gasteiger partial charge in [-0.05, 0) is 67.8 Å². The van der Waals surface area contributed by atoms with Crippen molar-refractivity contribution >= 4 is 27.3 Å². The molecule has 214 valence electrons. The Morgan fingerprint density at radius 2 is 1.73 bits per heavy atom. The number of nitrogens with one attached hydrogen (secondary N) is 3. The Balaban J connectivity index is 1.38. The highest BCUT2D eigenvalue weighted by Gasteiger charge is 2.28. The van der Waals surface area contributed by atoms with Crippen LogP contribution in [-0.2, 0) is 14.6 Å². The number of hydrogen-bond donors (Lipinski definition) is 3. The number of halogens is 1. The highest BCUT2D eigenvalue weighted by atomic mass is 32.2. The average Bonchev–Trinajstić information content (AvgIpc) is 3.43. The zero-order valence-electron chi connectivity index (χ0n) is 22.8. The monoisotopic (exact) mass is 569 g/mol. The first kappa shape index (κ1) is 29.3. The molecule has 3 N–H and O–H groups in total. The maximum absolute atomic E-state index is 13.6. The molecule has 2 atom stereocenters. The number of rotatable bonds is 11. The van der Waals surface area contributed by atoms with Gasteiger partial charge in [-0.2, -0.15) is 0 Å². The van der Waals surface area contributed by atoms with Crippen LogP contribution in [0.1, 0.15) is 56.0 Å². The van der Waals surface area contributed by atoms with Gasteiger partial charge in [0.05, 0.1) is 4.90 Å². The van der Waals surface area contributed by atoms with E-state index in [0.29, 0.717) is 30.2 Å². The Hall–Kier alpha value is -3.66. The lowest BCUT2D eigenvalue weighted by Crippen LogP contribution is -2.51. The molecule has 3 aromatic rings. The molecule has 2 amide bonds. The van der Waals surface area contributed by atoms with Gasteiger partial charge in [0.2, 0.25) is 5.91 Å². The third-order valence-electron chi connectivity index (χ3n) is 7.14. The first-order valence-corrected chi connectivity index (χ1v) is 15.5. The lowest BCUT2D eigenvalue weighted by atomic mass is 9.84. The number of sulfone groups is 1. The largest absolute Gasteiger partial charge is 0.451 e. The summed E-state index contributed by atoms with van der Waals surface area (Å²) in [5, 5.41) is 9.04. The topological polar surface area (TPSA) is 118 Å². The van der Waals surface area contributed by atoms with Crippen molar-refractivity contribution in [3.8, 4) is 11.3 Å². The molecular formula is C30H36FN3O5S. The number of hydrogen-bond acceptors (Lipinski definition) is 6. The summed E-state index contributed by atoms with van der Waals surface area (Å²) < 4.78 is 42.7. The lowest BCUT2D eigenvalue weighted by Gasteiger charge is -2.27. The van der Waals surface area contributed by atoms with Gasteiger partial charge < -0.3 is 20.4 Å². The molecule has 10 heteroatoms. The fourth-order valence-electron chi connectivity index (χ4n) is 4.96. The molecular weight excluding hydrogens is 533 g/mol. The molecule has 1 aromatic heterocycles. The molecule has 1 fully saturated rings. The Morgan fingerprint density at radius 1 is 1.00 bits per heavy atom. The minimum absolute atomic E-state index is 0.0490. The molecule has 1 aliphatic carbocycles. The van der Waals surface area contributed by atoms with Crippen molar-refractivity contribution in [3.05, 3.63) is 72.2 Å². The smallest absolute Gasteiger partial charge is 0.287 e. The van der Waals surface area contributed by atoms with Crippen LogP contribution in [0.4, 0.5) is 10.1 Å². The van der Waals surface area contributed by atoms with E-state index in [0.717, 1.165) is 37.6 Å². The van der Waals surface area contributed by atoms with Crippen LogP contribution in [0.3, 0.4) is 0 Å². The zero-order valence-corrected chi connectivity index (χ0v) is 23.6. The van der Waals surface area contributed by atoms with E-state index in [2.05, 4.69) is 16.0 Å². The van der Waals surface area contributed by atoms with Crippen LogP contribution >= 0.6 is 0 Å². The fraction of sp³-hybridized carbons (Fsp3) is 0.400. The van der Waals surface area contributed by atoms with Gasteiger partial charge in [0.15, 0.2) is 15.6 Å². The maximum Gasteiger partial charge on any atom is 0.287 e. The average molecular weight is 570 g/mol. The van der Waals surface area contributed by atoms with Crippen LogP contribution in [0.15, 0.2) is 70.0 Å². The number of amides is 2. The first-order chi connectivity index (χ1) is 19.1. The molecule has 1 unspecified atom stereocenters. The molecule has 0 aliphatic heterocycles. The van der Waals surface area contributed by atoms with E-state index < -0.39 is 27.6 Å². The summed E-state index contributed by atoms with van der Waals surface area (Å²) in [5.74, 6) is -0.437. The van der Waals surface area contributed by atoms with E-state index in [4.69, 9.17) is 4.42 Å². The molecule has 0 bridgehead atoms. The van der Waals surface area contributed by atoms with Gasteiger partial charge in [0.25, 0.3) is 5.91 Å². The van der Waals surface area contributed by atoms with Crippen LogP contribution in [0.2, 0.25) is 0 Å². The summed E-state index contributed by atoms with van der Waals surface area (Å²) in [5.41, 5.74) is 1.25. The summed E-state index contributed by atoms with van der Waals surface area (Å²) in [7, 11) is -3.27. The SMILES string of the molecule is C[C@@H](CNc1ccc(S(C)(=O)=O)cc1)NC(=O)C(CC1CCCCC1)NC(=O)c1ccc(-c2cccc(F)c2)o1. The van der Waals surface area contributed by atoms with Crippen molar-refractivity contribution in [2.24, 2.45) is 5.92 Å². The van der Waals surface area contributed by atoms with E-state index in [1.165, 1.54) is 36.8 Å². The summed E-state index contributed by atoms with van der Waals surface area (Å²) in [6, 6.07) is 14.5. The Morgan fingerprint density at radius 3 is 2.40 bits per heavy atom. The van der Waals surface area contributed by atoms with Gasteiger partial charge in [-0.3, -0.25) is 9.59 Å². The van der Waals surface area contributed by atoms with Gasteiger partial charge >= 0.3 is 0 Å². The summed E-state index contributed by atoms with van der Waals surface area (Å²) in [4.78, 5) is 26.7. The van der Waals surface area contributed by atoms with Gasteiger partial charge in [0, 0.05) is 30.1 Å². The summed E-state index contributed by atoms with van der Waals surface area (Å²) >= 11 is 0. The van der Waals surface area contributed by atoms with Gasteiger partial charge in [-0.15, -0.1) is 0 Å². The quantitative estimate of drug-likeness (QED) is 0.293. The Kier molecular flexibility index (Phi) is 9.63. The highest BCUT2D eigenvalue weighted by Crippen LogP contribution is 2.28. The number of carbonyl (C=O) groups is 2.